The number of rotatable bonds is 3. The first-order valence-corrected chi connectivity index (χ1v) is 10.1. The summed E-state index contributed by atoms with van der Waals surface area (Å²) in [6.45, 7) is 2.91. The highest BCUT2D eigenvalue weighted by Gasteiger charge is 2.27. The van der Waals surface area contributed by atoms with E-state index in [0.29, 0.717) is 10.7 Å². The number of hydrogen-bond donors (Lipinski definition) is 0. The van der Waals surface area contributed by atoms with Crippen LogP contribution in [0.5, 0.6) is 0 Å². The average Bonchev–Trinajstić information content (AvgIpc) is 2.89. The van der Waals surface area contributed by atoms with Crippen molar-refractivity contribution in [3.05, 3.63) is 70.5 Å². The molecule has 3 aromatic rings. The van der Waals surface area contributed by atoms with Crippen LogP contribution in [0.25, 0.3) is 11.4 Å². The van der Waals surface area contributed by atoms with Crippen LogP contribution in [0.4, 0.5) is 5.69 Å². The second-order valence-electron chi connectivity index (χ2n) is 7.35. The Morgan fingerprint density at radius 1 is 1.07 bits per heavy atom. The first-order valence-electron chi connectivity index (χ1n) is 9.75. The maximum Gasteiger partial charge on any atom is 0.278 e. The third-order valence-electron chi connectivity index (χ3n) is 5.45. The number of para-hydroxylation sites is 1. The van der Waals surface area contributed by atoms with E-state index < -0.39 is 0 Å². The highest BCUT2D eigenvalue weighted by molar-refractivity contribution is 6.30. The highest BCUT2D eigenvalue weighted by Crippen LogP contribution is 2.29. The van der Waals surface area contributed by atoms with E-state index in [1.807, 2.05) is 62.5 Å². The summed E-state index contributed by atoms with van der Waals surface area (Å²) in [7, 11) is 1.83. The summed E-state index contributed by atoms with van der Waals surface area (Å²) in [5, 5.41) is 0.696. The van der Waals surface area contributed by atoms with Gasteiger partial charge in [-0.2, -0.15) is 0 Å². The van der Waals surface area contributed by atoms with Crippen LogP contribution in [-0.4, -0.2) is 22.5 Å². The molecule has 1 amide bonds. The molecule has 1 aromatic heterocycles. The minimum atomic E-state index is -0.0554. The second-order valence-corrected chi connectivity index (χ2v) is 7.79. The van der Waals surface area contributed by atoms with E-state index in [0.717, 1.165) is 54.1 Å². The number of carbonyl (C=O) groups is 1. The predicted molar refractivity (Wildman–Crippen MR) is 114 cm³/mol. The van der Waals surface area contributed by atoms with Gasteiger partial charge in [0.25, 0.3) is 5.91 Å². The Kier molecular flexibility index (Phi) is 5.23. The van der Waals surface area contributed by atoms with E-state index >= 15 is 0 Å². The van der Waals surface area contributed by atoms with Crippen LogP contribution in [0.3, 0.4) is 0 Å². The van der Waals surface area contributed by atoms with Crippen LogP contribution in [0.1, 0.15) is 41.0 Å². The zero-order valence-electron chi connectivity index (χ0n) is 16.3. The molecule has 0 N–H and O–H groups in total. The highest BCUT2D eigenvalue weighted by atomic mass is 35.5. The number of aromatic nitrogens is 2. The molecule has 144 valence electrons. The van der Waals surface area contributed by atoms with Gasteiger partial charge in [0.2, 0.25) is 0 Å². The van der Waals surface area contributed by atoms with Crippen molar-refractivity contribution in [2.24, 2.45) is 0 Å². The molecule has 0 saturated carbocycles. The van der Waals surface area contributed by atoms with Crippen LogP contribution in [0.2, 0.25) is 5.02 Å². The molecule has 0 saturated heterocycles. The van der Waals surface area contributed by atoms with Gasteiger partial charge in [-0.15, -0.1) is 0 Å². The summed E-state index contributed by atoms with van der Waals surface area (Å²) >= 11 is 6.06. The Balaban J connectivity index is 1.79. The zero-order valence-corrected chi connectivity index (χ0v) is 17.0. The minimum Gasteiger partial charge on any atom is -0.327 e. The topological polar surface area (TPSA) is 38.1 Å². The van der Waals surface area contributed by atoms with Gasteiger partial charge in [-0.3, -0.25) is 4.79 Å². The second kappa shape index (κ2) is 7.80. The van der Waals surface area contributed by atoms with E-state index in [-0.39, 0.29) is 5.91 Å². The molecule has 1 aliphatic rings. The molecule has 0 spiro atoms. The molecule has 1 aliphatic heterocycles. The number of imidazole rings is 1. The lowest BCUT2D eigenvalue weighted by molar-refractivity contribution is 0.0987. The number of fused-ring (bicyclic) bond motifs is 1. The van der Waals surface area contributed by atoms with Crippen molar-refractivity contribution in [2.75, 3.05) is 11.9 Å². The molecule has 2 aromatic carbocycles. The Hall–Kier alpha value is -2.59. The number of amides is 1. The van der Waals surface area contributed by atoms with Crippen molar-refractivity contribution in [1.29, 1.82) is 0 Å². The van der Waals surface area contributed by atoms with Gasteiger partial charge in [-0.1, -0.05) is 36.2 Å². The van der Waals surface area contributed by atoms with Crippen LogP contribution in [0.15, 0.2) is 48.5 Å². The summed E-state index contributed by atoms with van der Waals surface area (Å²) in [6, 6.07) is 15.6. The summed E-state index contributed by atoms with van der Waals surface area (Å²) in [6.07, 6.45) is 4.23. The van der Waals surface area contributed by atoms with Crippen LogP contribution in [-0.2, 0) is 13.0 Å². The number of anilines is 1. The van der Waals surface area contributed by atoms with Gasteiger partial charge in [0.15, 0.2) is 5.69 Å². The Labute approximate surface area is 170 Å². The summed E-state index contributed by atoms with van der Waals surface area (Å²) in [5.74, 6) is 0.801. The van der Waals surface area contributed by atoms with Gasteiger partial charge in [-0.25, -0.2) is 4.98 Å². The van der Waals surface area contributed by atoms with Gasteiger partial charge in [0.05, 0.1) is 5.69 Å². The maximum atomic E-state index is 13.4. The Bertz CT molecular complexity index is 1010. The van der Waals surface area contributed by atoms with Gasteiger partial charge < -0.3 is 9.47 Å². The SMILES string of the molecule is Cc1ccccc1N(C)C(=O)c1nc(-c2ccc(Cl)cc2)n2c1CCCCC2. The number of halogens is 1. The van der Waals surface area contributed by atoms with E-state index in [1.54, 1.807) is 4.90 Å². The predicted octanol–water partition coefficient (Wildman–Crippen LogP) is 5.51. The number of carbonyl (C=O) groups excluding carboxylic acids is 1. The largest absolute Gasteiger partial charge is 0.327 e. The average molecular weight is 394 g/mol. The van der Waals surface area contributed by atoms with Crippen LogP contribution in [0, 0.1) is 6.92 Å². The molecule has 28 heavy (non-hydrogen) atoms. The summed E-state index contributed by atoms with van der Waals surface area (Å²) in [5.41, 5.74) is 4.59. The van der Waals surface area contributed by atoms with Gasteiger partial charge in [-0.05, 0) is 62.1 Å². The Morgan fingerprint density at radius 3 is 2.57 bits per heavy atom. The molecule has 4 rings (SSSR count). The number of nitrogens with zero attached hydrogens (tertiary/aromatic N) is 3. The third-order valence-corrected chi connectivity index (χ3v) is 5.71. The first-order chi connectivity index (χ1) is 13.6. The van der Waals surface area contributed by atoms with Crippen molar-refractivity contribution in [1.82, 2.24) is 9.55 Å². The molecule has 0 bridgehead atoms. The van der Waals surface area contributed by atoms with Crippen molar-refractivity contribution in [2.45, 2.75) is 39.2 Å². The molecule has 0 radical (unpaired) electrons. The fraction of sp³-hybridized carbons (Fsp3) is 0.304. The number of benzene rings is 2. The molecular weight excluding hydrogens is 370 g/mol. The smallest absolute Gasteiger partial charge is 0.278 e. The van der Waals surface area contributed by atoms with Crippen LogP contribution < -0.4 is 4.90 Å². The lowest BCUT2D eigenvalue weighted by atomic mass is 10.1. The molecule has 2 heterocycles. The Morgan fingerprint density at radius 2 is 1.82 bits per heavy atom. The lowest BCUT2D eigenvalue weighted by Crippen LogP contribution is -2.28. The van der Waals surface area contributed by atoms with Gasteiger partial charge in [0, 0.05) is 29.9 Å². The third kappa shape index (κ3) is 3.45. The molecule has 4 nitrogen and oxygen atoms in total. The number of hydrogen-bond acceptors (Lipinski definition) is 2. The molecule has 0 aliphatic carbocycles. The quantitative estimate of drug-likeness (QED) is 0.588. The van der Waals surface area contributed by atoms with Gasteiger partial charge in [0.1, 0.15) is 5.82 Å². The van der Waals surface area contributed by atoms with E-state index in [2.05, 4.69) is 4.57 Å². The standard InChI is InChI=1S/C23H24ClN3O/c1-16-8-5-6-9-19(16)26(2)23(28)21-20-10-4-3-7-15-27(20)22(25-21)17-11-13-18(24)14-12-17/h5-6,8-9,11-14H,3-4,7,10,15H2,1-2H3. The van der Waals surface area contributed by atoms with Crippen LogP contribution >= 0.6 is 11.6 Å². The zero-order chi connectivity index (χ0) is 19.7. The molecular formula is C23H24ClN3O. The lowest BCUT2D eigenvalue weighted by Gasteiger charge is -2.19. The normalized spacial score (nSPS) is 13.7. The first kappa shape index (κ1) is 18.8. The van der Waals surface area contributed by atoms with Crippen molar-refractivity contribution < 1.29 is 4.79 Å². The fourth-order valence-electron chi connectivity index (χ4n) is 3.92. The molecule has 0 fully saturated rings. The number of aryl methyl sites for hydroxylation is 1. The molecule has 5 heteroatoms. The minimum absolute atomic E-state index is 0.0554. The van der Waals surface area contributed by atoms with E-state index in [9.17, 15) is 4.79 Å². The van der Waals surface area contributed by atoms with Crippen molar-refractivity contribution in [3.8, 4) is 11.4 Å². The van der Waals surface area contributed by atoms with Crippen molar-refractivity contribution >= 4 is 23.2 Å². The monoisotopic (exact) mass is 393 g/mol. The summed E-state index contributed by atoms with van der Waals surface area (Å²) < 4.78 is 2.23. The molecule has 0 unspecified atom stereocenters. The van der Waals surface area contributed by atoms with Crippen molar-refractivity contribution in [3.63, 3.8) is 0 Å². The van der Waals surface area contributed by atoms with E-state index in [4.69, 9.17) is 16.6 Å². The summed E-state index contributed by atoms with van der Waals surface area (Å²) in [4.78, 5) is 20.0. The van der Waals surface area contributed by atoms with Gasteiger partial charge >= 0.3 is 0 Å². The van der Waals surface area contributed by atoms with E-state index in [1.165, 1.54) is 6.42 Å². The molecule has 0 atom stereocenters. The maximum absolute atomic E-state index is 13.4. The fourth-order valence-corrected chi connectivity index (χ4v) is 4.04.